The number of nitrogens with one attached hydrogen (secondary N) is 1. The molecule has 3 rings (SSSR count). The quantitative estimate of drug-likeness (QED) is 0.659. The van der Waals surface area contributed by atoms with Crippen molar-refractivity contribution >= 4 is 41.0 Å². The van der Waals surface area contributed by atoms with Crippen LogP contribution in [0.4, 0.5) is 4.79 Å². The highest BCUT2D eigenvalue weighted by atomic mass is 35.5. The van der Waals surface area contributed by atoms with E-state index >= 15 is 0 Å². The van der Waals surface area contributed by atoms with Gasteiger partial charge in [0.05, 0.1) is 0 Å². The lowest BCUT2D eigenvalue weighted by Gasteiger charge is -2.38. The Morgan fingerprint density at radius 2 is 1.97 bits per heavy atom. The molecule has 0 atom stereocenters. The molecule has 2 heterocycles. The van der Waals surface area contributed by atoms with E-state index in [0.29, 0.717) is 36.2 Å². The smallest absolute Gasteiger partial charge is 0.326 e. The first-order chi connectivity index (χ1) is 13.8. The summed E-state index contributed by atoms with van der Waals surface area (Å²) in [5.74, 6) is -0.343. The van der Waals surface area contributed by atoms with Crippen LogP contribution in [0.1, 0.15) is 31.2 Å². The van der Waals surface area contributed by atoms with E-state index in [1.54, 1.807) is 13.1 Å². The molecule has 7 nitrogen and oxygen atoms in total. The number of carbonyl (C=O) groups is 3. The van der Waals surface area contributed by atoms with Crippen molar-refractivity contribution in [3.63, 3.8) is 0 Å². The van der Waals surface area contributed by atoms with Gasteiger partial charge >= 0.3 is 6.03 Å². The van der Waals surface area contributed by atoms with Crippen molar-refractivity contribution in [3.05, 3.63) is 33.8 Å². The molecule has 4 amide bonds. The molecule has 29 heavy (non-hydrogen) atoms. The second-order valence-corrected chi connectivity index (χ2v) is 8.42. The number of benzene rings is 1. The van der Waals surface area contributed by atoms with Crippen LogP contribution >= 0.6 is 23.2 Å². The number of urea groups is 1. The second kappa shape index (κ2) is 9.32. The third-order valence-corrected chi connectivity index (χ3v) is 6.14. The van der Waals surface area contributed by atoms with E-state index in [-0.39, 0.29) is 42.8 Å². The molecule has 0 bridgehead atoms. The molecule has 9 heteroatoms. The summed E-state index contributed by atoms with van der Waals surface area (Å²) in [6.07, 6.45) is 2.16. The molecular formula is C20H25Cl2N3O4. The fraction of sp³-hybridized carbons (Fsp3) is 0.550. The molecule has 2 aliphatic rings. The zero-order valence-corrected chi connectivity index (χ0v) is 17.9. The van der Waals surface area contributed by atoms with Crippen LogP contribution in [0, 0.1) is 0 Å². The van der Waals surface area contributed by atoms with Gasteiger partial charge in [-0.2, -0.15) is 0 Å². The molecule has 0 aliphatic carbocycles. The number of hydrogen-bond donors (Lipinski definition) is 1. The number of carbonyl (C=O) groups excluding carboxylic acids is 3. The average molecular weight is 442 g/mol. The molecule has 1 aromatic carbocycles. The molecule has 0 spiro atoms. The minimum absolute atomic E-state index is 0.0947. The Labute approximate surface area is 180 Å². The van der Waals surface area contributed by atoms with Gasteiger partial charge in [-0.25, -0.2) is 4.79 Å². The van der Waals surface area contributed by atoms with Gasteiger partial charge in [-0.3, -0.25) is 14.5 Å². The minimum atomic E-state index is -0.311. The van der Waals surface area contributed by atoms with Crippen LogP contribution in [0.3, 0.4) is 0 Å². The minimum Gasteiger partial charge on any atom is -0.381 e. The summed E-state index contributed by atoms with van der Waals surface area (Å²) >= 11 is 12.5. The Kier molecular flexibility index (Phi) is 7.03. The van der Waals surface area contributed by atoms with Gasteiger partial charge in [0.15, 0.2) is 0 Å². The average Bonchev–Trinajstić information content (AvgIpc) is 2.93. The summed E-state index contributed by atoms with van der Waals surface area (Å²) in [7, 11) is 1.59. The van der Waals surface area contributed by atoms with E-state index in [0.717, 1.165) is 18.4 Å². The maximum atomic E-state index is 12.4. The van der Waals surface area contributed by atoms with Gasteiger partial charge in [-0.15, -0.1) is 0 Å². The van der Waals surface area contributed by atoms with Crippen LogP contribution < -0.4 is 5.32 Å². The SMILES string of the molecule is CN1CC(=O)N(CCCC(=O)NCC2(c3ccc(Cl)cc3Cl)CCOCC2)C1=O. The van der Waals surface area contributed by atoms with Crippen LogP contribution in [0.25, 0.3) is 0 Å². The Morgan fingerprint density at radius 3 is 2.59 bits per heavy atom. The van der Waals surface area contributed by atoms with E-state index in [2.05, 4.69) is 5.32 Å². The molecule has 2 aliphatic heterocycles. The number of nitrogens with zero attached hydrogens (tertiary/aromatic N) is 2. The molecular weight excluding hydrogens is 417 g/mol. The molecule has 1 N–H and O–H groups in total. The molecule has 158 valence electrons. The lowest BCUT2D eigenvalue weighted by Crippen LogP contribution is -2.45. The number of amides is 4. The number of likely N-dealkylation sites (N-methyl/N-ethyl adjacent to an activating group) is 1. The molecule has 2 fully saturated rings. The first-order valence-electron chi connectivity index (χ1n) is 9.68. The lowest BCUT2D eigenvalue weighted by molar-refractivity contribution is -0.126. The first kappa shape index (κ1) is 21.9. The van der Waals surface area contributed by atoms with Gasteiger partial charge < -0.3 is 15.0 Å². The van der Waals surface area contributed by atoms with E-state index in [9.17, 15) is 14.4 Å². The highest BCUT2D eigenvalue weighted by Crippen LogP contribution is 2.39. The third kappa shape index (κ3) is 5.02. The topological polar surface area (TPSA) is 79.0 Å². The maximum Gasteiger partial charge on any atom is 0.326 e. The molecule has 0 saturated carbocycles. The molecule has 0 aromatic heterocycles. The summed E-state index contributed by atoms with van der Waals surface area (Å²) < 4.78 is 5.51. The first-order valence-corrected chi connectivity index (χ1v) is 10.4. The van der Waals surface area contributed by atoms with Crippen molar-refractivity contribution in [2.75, 3.05) is 39.9 Å². The Hall–Kier alpha value is -1.83. The summed E-state index contributed by atoms with van der Waals surface area (Å²) in [6.45, 7) is 1.98. The number of rotatable bonds is 7. The molecule has 0 radical (unpaired) electrons. The van der Waals surface area contributed by atoms with E-state index in [1.807, 2.05) is 12.1 Å². The number of hydrogen-bond acceptors (Lipinski definition) is 4. The van der Waals surface area contributed by atoms with Gasteiger partial charge in [-0.1, -0.05) is 29.3 Å². The highest BCUT2D eigenvalue weighted by Gasteiger charge is 2.37. The summed E-state index contributed by atoms with van der Waals surface area (Å²) in [5.41, 5.74) is 0.655. The normalized spacial score (nSPS) is 19.0. The van der Waals surface area contributed by atoms with Crippen molar-refractivity contribution in [2.24, 2.45) is 0 Å². The van der Waals surface area contributed by atoms with E-state index in [4.69, 9.17) is 27.9 Å². The van der Waals surface area contributed by atoms with Crippen LogP contribution in [-0.4, -0.2) is 67.5 Å². The van der Waals surface area contributed by atoms with Crippen molar-refractivity contribution < 1.29 is 19.1 Å². The van der Waals surface area contributed by atoms with Gasteiger partial charge in [0, 0.05) is 55.2 Å². The van der Waals surface area contributed by atoms with Crippen LogP contribution in [0.5, 0.6) is 0 Å². The number of imide groups is 1. The zero-order chi connectivity index (χ0) is 21.0. The van der Waals surface area contributed by atoms with Crippen LogP contribution in [0.2, 0.25) is 10.0 Å². The molecule has 2 saturated heterocycles. The lowest BCUT2D eigenvalue weighted by atomic mass is 9.74. The highest BCUT2D eigenvalue weighted by molar-refractivity contribution is 6.35. The number of halogens is 2. The summed E-state index contributed by atoms with van der Waals surface area (Å²) in [5, 5.41) is 4.16. The van der Waals surface area contributed by atoms with Gasteiger partial charge in [-0.05, 0) is 37.0 Å². The third-order valence-electron chi connectivity index (χ3n) is 5.59. The predicted octanol–water partition coefficient (Wildman–Crippen LogP) is 2.83. The zero-order valence-electron chi connectivity index (χ0n) is 16.4. The monoisotopic (exact) mass is 441 g/mol. The van der Waals surface area contributed by atoms with Crippen LogP contribution in [-0.2, 0) is 19.7 Å². The van der Waals surface area contributed by atoms with Crippen LogP contribution in [0.15, 0.2) is 18.2 Å². The van der Waals surface area contributed by atoms with Crippen molar-refractivity contribution in [1.29, 1.82) is 0 Å². The fourth-order valence-electron chi connectivity index (χ4n) is 3.87. The molecule has 1 aromatic rings. The van der Waals surface area contributed by atoms with Crippen molar-refractivity contribution in [2.45, 2.75) is 31.1 Å². The van der Waals surface area contributed by atoms with Crippen molar-refractivity contribution in [3.8, 4) is 0 Å². The van der Waals surface area contributed by atoms with Gasteiger partial charge in [0.2, 0.25) is 11.8 Å². The Balaban J connectivity index is 1.56. The second-order valence-electron chi connectivity index (χ2n) is 7.58. The maximum absolute atomic E-state index is 12.4. The summed E-state index contributed by atoms with van der Waals surface area (Å²) in [4.78, 5) is 38.6. The van der Waals surface area contributed by atoms with Gasteiger partial charge in [0.1, 0.15) is 6.54 Å². The fourth-order valence-corrected chi connectivity index (χ4v) is 4.47. The Morgan fingerprint density at radius 1 is 1.24 bits per heavy atom. The summed E-state index contributed by atoms with van der Waals surface area (Å²) in [6, 6.07) is 5.14. The van der Waals surface area contributed by atoms with E-state index in [1.165, 1.54) is 9.80 Å². The predicted molar refractivity (Wildman–Crippen MR) is 110 cm³/mol. The van der Waals surface area contributed by atoms with E-state index < -0.39 is 0 Å². The Bertz CT molecular complexity index is 796. The van der Waals surface area contributed by atoms with Crippen molar-refractivity contribution in [1.82, 2.24) is 15.1 Å². The molecule has 0 unspecified atom stereocenters. The number of ether oxygens (including phenoxy) is 1. The largest absolute Gasteiger partial charge is 0.381 e. The standard InChI is InChI=1S/C20H25Cl2N3O4/c1-24-12-18(27)25(19(24)28)8-2-3-17(26)23-13-20(6-9-29-10-7-20)15-5-4-14(21)11-16(15)22/h4-5,11H,2-3,6-10,12-13H2,1H3,(H,23,26). The van der Waals surface area contributed by atoms with Gasteiger partial charge in [0.25, 0.3) is 0 Å².